The van der Waals surface area contributed by atoms with Crippen molar-refractivity contribution < 1.29 is 14.8 Å². The lowest BCUT2D eigenvalue weighted by Gasteiger charge is -2.14. The molecular weight excluding hydrogens is 343 g/mol. The number of nitrogens with zero attached hydrogens (tertiary/aromatic N) is 1. The number of carbonyl (C=O) groups excluding carboxylic acids is 1. The molecule has 0 radical (unpaired) electrons. The minimum absolute atomic E-state index is 0.0539. The van der Waals surface area contributed by atoms with Crippen LogP contribution in [-0.2, 0) is 17.8 Å². The summed E-state index contributed by atoms with van der Waals surface area (Å²) in [6.45, 7) is -0.110. The Kier molecular flexibility index (Phi) is 5.41. The van der Waals surface area contributed by atoms with E-state index in [-0.39, 0.29) is 30.0 Å². The second-order valence-corrected chi connectivity index (χ2v) is 5.52. The Balaban J connectivity index is 2.05. The average Bonchev–Trinajstić information content (AvgIpc) is 2.50. The van der Waals surface area contributed by atoms with Crippen LogP contribution in [0.2, 0.25) is 10.0 Å². The van der Waals surface area contributed by atoms with Gasteiger partial charge in [0, 0.05) is 28.7 Å². The number of carbonyl (C=O) groups is 1. The van der Waals surface area contributed by atoms with E-state index < -0.39 is 10.8 Å². The third-order valence-corrected chi connectivity index (χ3v) is 3.84. The van der Waals surface area contributed by atoms with Crippen LogP contribution in [0.15, 0.2) is 36.4 Å². The molecule has 0 aliphatic rings. The summed E-state index contributed by atoms with van der Waals surface area (Å²) in [5, 5.41) is 25.6. The van der Waals surface area contributed by atoms with Crippen LogP contribution in [0.5, 0.6) is 5.75 Å². The molecule has 6 nitrogen and oxygen atoms in total. The van der Waals surface area contributed by atoms with Gasteiger partial charge < -0.3 is 10.4 Å². The van der Waals surface area contributed by atoms with E-state index in [9.17, 15) is 20.0 Å². The summed E-state index contributed by atoms with van der Waals surface area (Å²) in [5.74, 6) is -0.780. The van der Waals surface area contributed by atoms with Crippen molar-refractivity contribution in [3.63, 3.8) is 0 Å². The van der Waals surface area contributed by atoms with Crippen LogP contribution in [0, 0.1) is 10.1 Å². The third kappa shape index (κ3) is 4.34. The maximum Gasteiger partial charge on any atom is 0.269 e. The maximum atomic E-state index is 12.0. The van der Waals surface area contributed by atoms with Crippen LogP contribution in [0.1, 0.15) is 11.1 Å². The smallest absolute Gasteiger partial charge is 0.269 e. The molecular formula is C15H11Cl2N2O4-. The van der Waals surface area contributed by atoms with Gasteiger partial charge in [0.1, 0.15) is 0 Å². The number of hydrogen-bond donors (Lipinski definition) is 1. The molecule has 0 saturated heterocycles. The van der Waals surface area contributed by atoms with Gasteiger partial charge in [0.25, 0.3) is 5.69 Å². The zero-order valence-electron chi connectivity index (χ0n) is 11.7. The molecule has 23 heavy (non-hydrogen) atoms. The Labute approximate surface area is 141 Å². The summed E-state index contributed by atoms with van der Waals surface area (Å²) in [4.78, 5) is 22.1. The van der Waals surface area contributed by atoms with E-state index in [4.69, 9.17) is 23.2 Å². The van der Waals surface area contributed by atoms with Crippen molar-refractivity contribution in [2.24, 2.45) is 0 Å². The number of halogens is 2. The molecule has 1 N–H and O–H groups in total. The van der Waals surface area contributed by atoms with E-state index in [0.29, 0.717) is 15.6 Å². The molecule has 0 aliphatic carbocycles. The van der Waals surface area contributed by atoms with E-state index in [1.165, 1.54) is 0 Å². The summed E-state index contributed by atoms with van der Waals surface area (Å²) >= 11 is 12.0. The van der Waals surface area contributed by atoms with Crippen LogP contribution in [0.4, 0.5) is 5.69 Å². The Morgan fingerprint density at radius 2 is 1.83 bits per heavy atom. The van der Waals surface area contributed by atoms with Gasteiger partial charge in [-0.2, -0.15) is 0 Å². The van der Waals surface area contributed by atoms with Crippen molar-refractivity contribution in [2.45, 2.75) is 13.0 Å². The molecule has 0 aromatic heterocycles. The predicted octanol–water partition coefficient (Wildman–Crippen LogP) is 2.83. The molecule has 1 amide bonds. The van der Waals surface area contributed by atoms with Crippen LogP contribution < -0.4 is 10.4 Å². The number of non-ortho nitro benzene ring substituents is 1. The number of rotatable bonds is 5. The molecule has 8 heteroatoms. The second-order valence-electron chi connectivity index (χ2n) is 4.70. The van der Waals surface area contributed by atoms with Crippen LogP contribution in [-0.4, -0.2) is 10.8 Å². The first-order valence-corrected chi connectivity index (χ1v) is 7.28. The molecule has 0 fully saturated rings. The van der Waals surface area contributed by atoms with E-state index in [2.05, 4.69) is 5.32 Å². The fourth-order valence-electron chi connectivity index (χ4n) is 1.94. The fraction of sp³-hybridized carbons (Fsp3) is 0.133. The van der Waals surface area contributed by atoms with Gasteiger partial charge in [-0.25, -0.2) is 0 Å². The first kappa shape index (κ1) is 17.1. The van der Waals surface area contributed by atoms with Gasteiger partial charge in [-0.1, -0.05) is 35.3 Å². The molecule has 0 aliphatic heterocycles. The lowest BCUT2D eigenvalue weighted by atomic mass is 10.1. The topological polar surface area (TPSA) is 95.3 Å². The molecule has 0 heterocycles. The number of amides is 1. The second kappa shape index (κ2) is 7.30. The van der Waals surface area contributed by atoms with E-state index in [1.54, 1.807) is 18.2 Å². The first-order chi connectivity index (χ1) is 10.9. The molecule has 0 unspecified atom stereocenters. The Hall–Kier alpha value is -2.31. The first-order valence-electron chi connectivity index (χ1n) is 6.52. The van der Waals surface area contributed by atoms with E-state index in [0.717, 1.165) is 18.2 Å². The van der Waals surface area contributed by atoms with Crippen molar-refractivity contribution in [3.05, 3.63) is 67.7 Å². The monoisotopic (exact) mass is 353 g/mol. The highest BCUT2D eigenvalue weighted by molar-refractivity contribution is 6.36. The third-order valence-electron chi connectivity index (χ3n) is 3.13. The molecule has 0 saturated carbocycles. The summed E-state index contributed by atoms with van der Waals surface area (Å²) in [7, 11) is 0. The largest absolute Gasteiger partial charge is 0.872 e. The normalized spacial score (nSPS) is 10.3. The molecule has 0 atom stereocenters. The van der Waals surface area contributed by atoms with E-state index in [1.807, 2.05) is 0 Å². The SMILES string of the molecule is O=C(Cc1c(Cl)cccc1Cl)NCc1cc([N+](=O)[O-])ccc1[O-]. The highest BCUT2D eigenvalue weighted by atomic mass is 35.5. The van der Waals surface area contributed by atoms with Gasteiger partial charge in [0.15, 0.2) is 0 Å². The zero-order chi connectivity index (χ0) is 17.0. The molecule has 120 valence electrons. The number of hydrogen-bond acceptors (Lipinski definition) is 4. The molecule has 2 rings (SSSR count). The summed E-state index contributed by atoms with van der Waals surface area (Å²) in [5.41, 5.74) is 0.413. The summed E-state index contributed by atoms with van der Waals surface area (Å²) in [6.07, 6.45) is -0.0539. The molecule has 2 aromatic carbocycles. The van der Waals surface area contributed by atoms with Gasteiger partial charge in [0.2, 0.25) is 5.91 Å². The van der Waals surface area contributed by atoms with Gasteiger partial charge in [-0.05, 0) is 23.3 Å². The van der Waals surface area contributed by atoms with Crippen molar-refractivity contribution >= 4 is 34.8 Å². The lowest BCUT2D eigenvalue weighted by molar-refractivity contribution is -0.385. The highest BCUT2D eigenvalue weighted by Gasteiger charge is 2.12. The van der Waals surface area contributed by atoms with Gasteiger partial charge in [0.05, 0.1) is 11.3 Å². The molecule has 0 bridgehead atoms. The van der Waals surface area contributed by atoms with Gasteiger partial charge in [-0.15, -0.1) is 5.75 Å². The summed E-state index contributed by atoms with van der Waals surface area (Å²) in [6, 6.07) is 8.27. The number of nitro benzene ring substituents is 1. The minimum atomic E-state index is -0.603. The summed E-state index contributed by atoms with van der Waals surface area (Å²) < 4.78 is 0. The Morgan fingerprint density at radius 1 is 1.17 bits per heavy atom. The zero-order valence-corrected chi connectivity index (χ0v) is 13.2. The van der Waals surface area contributed by atoms with Crippen molar-refractivity contribution in [1.29, 1.82) is 0 Å². The quantitative estimate of drug-likeness (QED) is 0.660. The highest BCUT2D eigenvalue weighted by Crippen LogP contribution is 2.25. The standard InChI is InChI=1S/C15H12Cl2N2O4/c16-12-2-1-3-13(17)11(12)7-15(21)18-8-9-6-10(19(22)23)4-5-14(9)20/h1-6,20H,7-8H2,(H,18,21)/p-1. The average molecular weight is 354 g/mol. The predicted molar refractivity (Wildman–Crippen MR) is 84.6 cm³/mol. The minimum Gasteiger partial charge on any atom is -0.872 e. The van der Waals surface area contributed by atoms with Crippen LogP contribution >= 0.6 is 23.2 Å². The molecule has 2 aromatic rings. The number of nitrogens with one attached hydrogen (secondary N) is 1. The Bertz CT molecular complexity index is 745. The maximum absolute atomic E-state index is 12.0. The lowest BCUT2D eigenvalue weighted by Crippen LogP contribution is -2.25. The van der Waals surface area contributed by atoms with Gasteiger partial charge in [-0.3, -0.25) is 14.9 Å². The van der Waals surface area contributed by atoms with Crippen molar-refractivity contribution in [2.75, 3.05) is 0 Å². The Morgan fingerprint density at radius 3 is 2.43 bits per heavy atom. The number of nitro groups is 1. The van der Waals surface area contributed by atoms with Crippen molar-refractivity contribution in [3.8, 4) is 5.75 Å². The van der Waals surface area contributed by atoms with Crippen molar-refractivity contribution in [1.82, 2.24) is 5.32 Å². The van der Waals surface area contributed by atoms with Crippen LogP contribution in [0.25, 0.3) is 0 Å². The fourth-order valence-corrected chi connectivity index (χ4v) is 2.47. The molecule has 0 spiro atoms. The van der Waals surface area contributed by atoms with E-state index >= 15 is 0 Å². The van der Waals surface area contributed by atoms with Gasteiger partial charge >= 0.3 is 0 Å². The number of benzene rings is 2. The van der Waals surface area contributed by atoms with Crippen LogP contribution in [0.3, 0.4) is 0 Å².